The molecule has 2 rings (SSSR count). The van der Waals surface area contributed by atoms with Crippen LogP contribution >= 0.6 is 11.8 Å². The minimum atomic E-state index is 0.497. The van der Waals surface area contributed by atoms with Crippen LogP contribution in [0.3, 0.4) is 0 Å². The van der Waals surface area contributed by atoms with Crippen LogP contribution in [0.1, 0.15) is 5.56 Å². The van der Waals surface area contributed by atoms with Crippen LogP contribution < -0.4 is 11.1 Å². The molecule has 0 saturated carbocycles. The van der Waals surface area contributed by atoms with Crippen LogP contribution in [0, 0.1) is 0 Å². The van der Waals surface area contributed by atoms with E-state index in [0.717, 1.165) is 18.8 Å². The lowest BCUT2D eigenvalue weighted by molar-refractivity contribution is 0.946. The van der Waals surface area contributed by atoms with E-state index >= 15 is 0 Å². The number of hydrogen-bond donors (Lipinski definition) is 2. The zero-order chi connectivity index (χ0) is 12.8. The number of anilines is 2. The number of nitrogens with one attached hydrogen (secondary N) is 1. The number of aromatic nitrogens is 2. The van der Waals surface area contributed by atoms with Crippen molar-refractivity contribution in [1.29, 1.82) is 0 Å². The predicted octanol–water partition coefficient (Wildman–Crippen LogP) is 2.44. The standard InChI is InChI=1S/C13H16N4S/c1-18-13-16-11(14)9-12(17-13)15-8-7-10-5-3-2-4-6-10/h2-6,9H,7-8H2,1H3,(H3,14,15,16,17). The number of thioether (sulfide) groups is 1. The average Bonchev–Trinajstić information content (AvgIpc) is 2.39. The zero-order valence-electron chi connectivity index (χ0n) is 10.3. The first-order valence-corrected chi connectivity index (χ1v) is 6.97. The minimum Gasteiger partial charge on any atom is -0.383 e. The summed E-state index contributed by atoms with van der Waals surface area (Å²) >= 11 is 1.48. The van der Waals surface area contributed by atoms with Gasteiger partial charge in [0.05, 0.1) is 0 Å². The van der Waals surface area contributed by atoms with E-state index in [-0.39, 0.29) is 0 Å². The van der Waals surface area contributed by atoms with Gasteiger partial charge in [0.15, 0.2) is 5.16 Å². The Kier molecular flexibility index (Phi) is 4.41. The van der Waals surface area contributed by atoms with Crippen LogP contribution in [0.25, 0.3) is 0 Å². The molecule has 0 unspecified atom stereocenters. The van der Waals surface area contributed by atoms with Crippen LogP contribution in [0.5, 0.6) is 0 Å². The molecule has 3 N–H and O–H groups in total. The van der Waals surface area contributed by atoms with Crippen LogP contribution in [0.15, 0.2) is 41.6 Å². The third kappa shape index (κ3) is 3.63. The molecule has 0 fully saturated rings. The second kappa shape index (κ2) is 6.26. The van der Waals surface area contributed by atoms with Gasteiger partial charge in [0, 0.05) is 12.6 Å². The molecule has 4 nitrogen and oxygen atoms in total. The maximum atomic E-state index is 5.71. The lowest BCUT2D eigenvalue weighted by Gasteiger charge is -2.07. The van der Waals surface area contributed by atoms with E-state index in [1.54, 1.807) is 6.07 Å². The van der Waals surface area contributed by atoms with Crippen molar-refractivity contribution in [3.8, 4) is 0 Å². The van der Waals surface area contributed by atoms with Crippen molar-refractivity contribution >= 4 is 23.4 Å². The Balaban J connectivity index is 1.92. The molecule has 0 amide bonds. The van der Waals surface area contributed by atoms with Gasteiger partial charge >= 0.3 is 0 Å². The molecule has 5 heteroatoms. The topological polar surface area (TPSA) is 63.8 Å². The predicted molar refractivity (Wildman–Crippen MR) is 76.9 cm³/mol. The third-order valence-electron chi connectivity index (χ3n) is 2.47. The van der Waals surface area contributed by atoms with E-state index in [1.165, 1.54) is 17.3 Å². The molecule has 1 heterocycles. The summed E-state index contributed by atoms with van der Waals surface area (Å²) in [5.74, 6) is 1.28. The lowest BCUT2D eigenvalue weighted by Crippen LogP contribution is -2.08. The summed E-state index contributed by atoms with van der Waals surface area (Å²) in [5.41, 5.74) is 7.02. The number of rotatable bonds is 5. The van der Waals surface area contributed by atoms with Gasteiger partial charge in [-0.1, -0.05) is 42.1 Å². The Morgan fingerprint density at radius 3 is 2.72 bits per heavy atom. The van der Waals surface area contributed by atoms with Gasteiger partial charge in [-0.3, -0.25) is 0 Å². The smallest absolute Gasteiger partial charge is 0.191 e. The normalized spacial score (nSPS) is 10.3. The summed E-state index contributed by atoms with van der Waals surface area (Å²) in [5, 5.41) is 3.96. The highest BCUT2D eigenvalue weighted by atomic mass is 32.2. The van der Waals surface area contributed by atoms with Gasteiger partial charge < -0.3 is 11.1 Å². The first-order valence-electron chi connectivity index (χ1n) is 5.74. The Labute approximate surface area is 111 Å². The van der Waals surface area contributed by atoms with Gasteiger partial charge in [-0.05, 0) is 18.2 Å². The van der Waals surface area contributed by atoms with Crippen molar-refractivity contribution in [2.24, 2.45) is 0 Å². The Hall–Kier alpha value is -1.75. The fourth-order valence-electron chi connectivity index (χ4n) is 1.60. The SMILES string of the molecule is CSc1nc(N)cc(NCCc2ccccc2)n1. The van der Waals surface area contributed by atoms with E-state index in [4.69, 9.17) is 5.73 Å². The molecule has 94 valence electrons. The highest BCUT2D eigenvalue weighted by molar-refractivity contribution is 7.98. The van der Waals surface area contributed by atoms with Crippen molar-refractivity contribution in [1.82, 2.24) is 9.97 Å². The van der Waals surface area contributed by atoms with Gasteiger partial charge in [0.25, 0.3) is 0 Å². The van der Waals surface area contributed by atoms with Crippen LogP contribution in [-0.4, -0.2) is 22.8 Å². The average molecular weight is 260 g/mol. The minimum absolute atomic E-state index is 0.497. The van der Waals surface area contributed by atoms with Crippen LogP contribution in [0.4, 0.5) is 11.6 Å². The fraction of sp³-hybridized carbons (Fsp3) is 0.231. The summed E-state index contributed by atoms with van der Waals surface area (Å²) in [6, 6.07) is 12.1. The second-order valence-corrected chi connectivity index (χ2v) is 4.60. The lowest BCUT2D eigenvalue weighted by atomic mass is 10.1. The van der Waals surface area contributed by atoms with Crippen molar-refractivity contribution in [2.45, 2.75) is 11.6 Å². The molecular weight excluding hydrogens is 244 g/mol. The molecule has 2 aromatic rings. The summed E-state index contributed by atoms with van der Waals surface area (Å²) in [7, 11) is 0. The Morgan fingerprint density at radius 2 is 2.00 bits per heavy atom. The molecule has 0 spiro atoms. The van der Waals surface area contributed by atoms with Gasteiger partial charge in [0.1, 0.15) is 11.6 Å². The van der Waals surface area contributed by atoms with E-state index < -0.39 is 0 Å². The molecule has 1 aromatic carbocycles. The molecule has 0 radical (unpaired) electrons. The fourth-order valence-corrected chi connectivity index (χ4v) is 1.99. The van der Waals surface area contributed by atoms with Gasteiger partial charge in [-0.15, -0.1) is 0 Å². The Bertz CT molecular complexity index is 502. The van der Waals surface area contributed by atoms with Crippen LogP contribution in [-0.2, 0) is 6.42 Å². The first-order chi connectivity index (χ1) is 8.78. The van der Waals surface area contributed by atoms with Crippen molar-refractivity contribution in [3.05, 3.63) is 42.0 Å². The highest BCUT2D eigenvalue weighted by Crippen LogP contribution is 2.15. The summed E-state index contributed by atoms with van der Waals surface area (Å²) in [6.07, 6.45) is 2.89. The number of nitrogen functional groups attached to an aromatic ring is 1. The van der Waals surface area contributed by atoms with Crippen LogP contribution in [0.2, 0.25) is 0 Å². The second-order valence-electron chi connectivity index (χ2n) is 3.83. The molecule has 0 aliphatic heterocycles. The maximum absolute atomic E-state index is 5.71. The van der Waals surface area contributed by atoms with E-state index in [1.807, 2.05) is 24.5 Å². The number of benzene rings is 1. The molecule has 18 heavy (non-hydrogen) atoms. The molecular formula is C13H16N4S. The number of nitrogens with two attached hydrogens (primary N) is 1. The molecule has 0 bridgehead atoms. The maximum Gasteiger partial charge on any atom is 0.191 e. The summed E-state index contributed by atoms with van der Waals surface area (Å²) in [4.78, 5) is 8.45. The largest absolute Gasteiger partial charge is 0.383 e. The number of hydrogen-bond acceptors (Lipinski definition) is 5. The third-order valence-corrected chi connectivity index (χ3v) is 3.02. The summed E-state index contributed by atoms with van der Waals surface area (Å²) in [6.45, 7) is 0.828. The van der Waals surface area contributed by atoms with E-state index in [9.17, 15) is 0 Å². The molecule has 0 aliphatic rings. The van der Waals surface area contributed by atoms with E-state index in [0.29, 0.717) is 11.0 Å². The number of nitrogens with zero attached hydrogens (tertiary/aromatic N) is 2. The first kappa shape index (κ1) is 12.7. The quantitative estimate of drug-likeness (QED) is 0.638. The monoisotopic (exact) mass is 260 g/mol. The Morgan fingerprint density at radius 1 is 1.22 bits per heavy atom. The van der Waals surface area contributed by atoms with Crippen molar-refractivity contribution in [3.63, 3.8) is 0 Å². The molecule has 0 saturated heterocycles. The van der Waals surface area contributed by atoms with Crippen molar-refractivity contribution in [2.75, 3.05) is 23.9 Å². The van der Waals surface area contributed by atoms with Gasteiger partial charge in [-0.25, -0.2) is 9.97 Å². The van der Waals surface area contributed by atoms with E-state index in [2.05, 4.69) is 27.4 Å². The molecule has 1 aromatic heterocycles. The highest BCUT2D eigenvalue weighted by Gasteiger charge is 2.01. The van der Waals surface area contributed by atoms with Gasteiger partial charge in [0.2, 0.25) is 0 Å². The van der Waals surface area contributed by atoms with Gasteiger partial charge in [-0.2, -0.15) is 0 Å². The van der Waals surface area contributed by atoms with Crippen molar-refractivity contribution < 1.29 is 0 Å². The summed E-state index contributed by atoms with van der Waals surface area (Å²) < 4.78 is 0. The molecule has 0 atom stereocenters. The zero-order valence-corrected chi connectivity index (χ0v) is 11.1. The molecule has 0 aliphatic carbocycles.